The van der Waals surface area contributed by atoms with Gasteiger partial charge in [0.05, 0.1) is 42.2 Å². The third-order valence-electron chi connectivity index (χ3n) is 4.80. The van der Waals surface area contributed by atoms with E-state index in [1.165, 1.54) is 0 Å². The van der Waals surface area contributed by atoms with E-state index < -0.39 is 0 Å². The number of imidazole rings is 1. The van der Waals surface area contributed by atoms with E-state index in [2.05, 4.69) is 41.6 Å². The quantitative estimate of drug-likeness (QED) is 0.529. The predicted octanol–water partition coefficient (Wildman–Crippen LogP) is 3.29. The molecule has 0 bridgehead atoms. The Labute approximate surface area is 167 Å². The highest BCUT2D eigenvalue weighted by Crippen LogP contribution is 2.24. The molecule has 0 aromatic carbocycles. The minimum absolute atomic E-state index is 0.447. The number of nitrogens with zero attached hydrogens (tertiary/aromatic N) is 6. The lowest BCUT2D eigenvalue weighted by Crippen LogP contribution is -2.05. The van der Waals surface area contributed by atoms with Crippen LogP contribution in [0.5, 0.6) is 5.88 Å². The number of aromatic amines is 1. The summed E-state index contributed by atoms with van der Waals surface area (Å²) in [5.74, 6) is 0.976. The first-order valence-corrected chi connectivity index (χ1v) is 9.02. The van der Waals surface area contributed by atoms with Crippen molar-refractivity contribution in [2.24, 2.45) is 0 Å². The number of pyridine rings is 1. The molecular formula is C21H19N7O. The van der Waals surface area contributed by atoms with Crippen LogP contribution in [0.15, 0.2) is 36.9 Å². The van der Waals surface area contributed by atoms with Gasteiger partial charge < -0.3 is 14.3 Å². The van der Waals surface area contributed by atoms with Crippen LogP contribution in [0.4, 0.5) is 0 Å². The number of hydrogen-bond donors (Lipinski definition) is 1. The SMILES string of the molecule is COc1cc2nc(/C(C#N)=C/c3cc(C)n(Cc4ccncn4)c3C)[nH]c2cn1. The maximum absolute atomic E-state index is 9.73. The van der Waals surface area contributed by atoms with Crippen molar-refractivity contribution in [1.29, 1.82) is 5.26 Å². The van der Waals surface area contributed by atoms with Crippen LogP contribution in [0.1, 0.15) is 28.5 Å². The van der Waals surface area contributed by atoms with Crippen LogP contribution >= 0.6 is 0 Å². The molecule has 0 aliphatic carbocycles. The van der Waals surface area contributed by atoms with Crippen LogP contribution < -0.4 is 4.74 Å². The zero-order valence-electron chi connectivity index (χ0n) is 16.3. The molecule has 0 unspecified atom stereocenters. The van der Waals surface area contributed by atoms with E-state index >= 15 is 0 Å². The highest BCUT2D eigenvalue weighted by atomic mass is 16.5. The summed E-state index contributed by atoms with van der Waals surface area (Å²) >= 11 is 0. The lowest BCUT2D eigenvalue weighted by atomic mass is 10.1. The largest absolute Gasteiger partial charge is 0.481 e. The smallest absolute Gasteiger partial charge is 0.215 e. The summed E-state index contributed by atoms with van der Waals surface area (Å²) < 4.78 is 7.30. The summed E-state index contributed by atoms with van der Waals surface area (Å²) in [7, 11) is 1.56. The Morgan fingerprint density at radius 1 is 1.31 bits per heavy atom. The summed E-state index contributed by atoms with van der Waals surface area (Å²) in [6, 6.07) is 7.93. The molecular weight excluding hydrogens is 366 g/mol. The van der Waals surface area contributed by atoms with E-state index in [1.807, 2.05) is 26.0 Å². The molecule has 0 amide bonds. The number of nitrogens with one attached hydrogen (secondary N) is 1. The molecule has 4 aromatic heterocycles. The number of rotatable bonds is 5. The molecule has 1 N–H and O–H groups in total. The number of ether oxygens (including phenoxy) is 1. The summed E-state index contributed by atoms with van der Waals surface area (Å²) in [5, 5.41) is 9.73. The number of H-pyrrole nitrogens is 1. The average molecular weight is 385 g/mol. The number of nitriles is 1. The molecule has 0 radical (unpaired) electrons. The number of methoxy groups -OCH3 is 1. The van der Waals surface area contributed by atoms with Gasteiger partial charge in [-0.25, -0.2) is 19.9 Å². The third-order valence-corrected chi connectivity index (χ3v) is 4.80. The molecule has 0 saturated heterocycles. The molecule has 4 rings (SSSR count). The normalized spacial score (nSPS) is 11.6. The second kappa shape index (κ2) is 7.56. The Hall–Kier alpha value is -3.99. The minimum atomic E-state index is 0.447. The second-order valence-corrected chi connectivity index (χ2v) is 6.61. The lowest BCUT2D eigenvalue weighted by Gasteiger charge is -2.08. The van der Waals surface area contributed by atoms with Crippen LogP contribution in [0, 0.1) is 25.2 Å². The van der Waals surface area contributed by atoms with Crippen LogP contribution in [0.2, 0.25) is 0 Å². The first-order valence-electron chi connectivity index (χ1n) is 9.02. The van der Waals surface area contributed by atoms with Crippen LogP contribution in [-0.2, 0) is 6.54 Å². The molecule has 8 heteroatoms. The van der Waals surface area contributed by atoms with Gasteiger partial charge in [0.1, 0.15) is 18.2 Å². The molecule has 4 heterocycles. The van der Waals surface area contributed by atoms with Gasteiger partial charge in [0, 0.05) is 23.7 Å². The minimum Gasteiger partial charge on any atom is -0.481 e. The van der Waals surface area contributed by atoms with E-state index in [9.17, 15) is 5.26 Å². The van der Waals surface area contributed by atoms with Crippen molar-refractivity contribution >= 4 is 22.7 Å². The molecule has 144 valence electrons. The Morgan fingerprint density at radius 2 is 2.17 bits per heavy atom. The third kappa shape index (κ3) is 3.58. The van der Waals surface area contributed by atoms with Gasteiger partial charge in [-0.05, 0) is 37.6 Å². The van der Waals surface area contributed by atoms with E-state index in [1.54, 1.807) is 31.9 Å². The van der Waals surface area contributed by atoms with E-state index in [-0.39, 0.29) is 0 Å². The van der Waals surface area contributed by atoms with Crippen molar-refractivity contribution < 1.29 is 4.74 Å². The van der Waals surface area contributed by atoms with Gasteiger partial charge in [-0.3, -0.25) is 0 Å². The van der Waals surface area contributed by atoms with Gasteiger partial charge in [0.2, 0.25) is 5.88 Å². The topological polar surface area (TPSA) is 105 Å². The zero-order chi connectivity index (χ0) is 20.4. The van der Waals surface area contributed by atoms with Gasteiger partial charge in [-0.2, -0.15) is 5.26 Å². The number of hydrogen-bond acceptors (Lipinski definition) is 6. The van der Waals surface area contributed by atoms with Crippen LogP contribution in [0.3, 0.4) is 0 Å². The maximum atomic E-state index is 9.73. The van der Waals surface area contributed by atoms with Crippen LogP contribution in [-0.4, -0.2) is 36.6 Å². The fourth-order valence-electron chi connectivity index (χ4n) is 3.23. The summed E-state index contributed by atoms with van der Waals surface area (Å²) in [6.45, 7) is 4.71. The Kier molecular flexibility index (Phi) is 4.79. The van der Waals surface area contributed by atoms with Gasteiger partial charge in [0.25, 0.3) is 0 Å². The van der Waals surface area contributed by atoms with Gasteiger partial charge in [-0.1, -0.05) is 0 Å². The molecule has 0 atom stereocenters. The first-order chi connectivity index (χ1) is 14.1. The monoisotopic (exact) mass is 385 g/mol. The Morgan fingerprint density at radius 3 is 2.90 bits per heavy atom. The van der Waals surface area contributed by atoms with Crippen molar-refractivity contribution in [3.05, 3.63) is 65.4 Å². The number of aryl methyl sites for hydroxylation is 1. The standard InChI is InChI=1S/C21H19N7O/c1-13-6-15(14(2)28(13)11-17-4-5-23-12-25-17)7-16(9-22)21-26-18-8-20(29-3)24-10-19(18)27-21/h4-8,10,12H,11H2,1-3H3,(H,26,27)/b16-7+. The lowest BCUT2D eigenvalue weighted by molar-refractivity contribution is 0.398. The summed E-state index contributed by atoms with van der Waals surface area (Å²) in [5.41, 5.74) is 5.92. The number of aromatic nitrogens is 6. The fourth-order valence-corrected chi connectivity index (χ4v) is 3.23. The van der Waals surface area contributed by atoms with E-state index in [0.717, 1.165) is 28.2 Å². The van der Waals surface area contributed by atoms with E-state index in [4.69, 9.17) is 4.74 Å². The fraction of sp³-hybridized carbons (Fsp3) is 0.190. The van der Waals surface area contributed by atoms with Crippen molar-refractivity contribution in [3.8, 4) is 11.9 Å². The molecule has 0 saturated carbocycles. The predicted molar refractivity (Wildman–Crippen MR) is 109 cm³/mol. The van der Waals surface area contributed by atoms with Crippen molar-refractivity contribution in [3.63, 3.8) is 0 Å². The molecule has 0 fully saturated rings. The zero-order valence-corrected chi connectivity index (χ0v) is 16.3. The van der Waals surface area contributed by atoms with Crippen molar-refractivity contribution in [2.75, 3.05) is 7.11 Å². The van der Waals surface area contributed by atoms with Crippen molar-refractivity contribution in [2.45, 2.75) is 20.4 Å². The number of allylic oxidation sites excluding steroid dienone is 1. The first kappa shape index (κ1) is 18.4. The molecule has 4 aromatic rings. The molecule has 0 spiro atoms. The van der Waals surface area contributed by atoms with Gasteiger partial charge in [0.15, 0.2) is 0 Å². The number of fused-ring (bicyclic) bond motifs is 1. The van der Waals surface area contributed by atoms with Gasteiger partial charge in [-0.15, -0.1) is 0 Å². The molecule has 0 aliphatic heterocycles. The molecule has 0 aliphatic rings. The highest BCUT2D eigenvalue weighted by molar-refractivity contribution is 5.90. The Bertz CT molecular complexity index is 1250. The molecule has 8 nitrogen and oxygen atoms in total. The van der Waals surface area contributed by atoms with Crippen LogP contribution in [0.25, 0.3) is 22.7 Å². The van der Waals surface area contributed by atoms with E-state index in [0.29, 0.717) is 29.3 Å². The average Bonchev–Trinajstić information content (AvgIpc) is 3.28. The Balaban J connectivity index is 1.71. The van der Waals surface area contributed by atoms with Gasteiger partial charge >= 0.3 is 0 Å². The maximum Gasteiger partial charge on any atom is 0.215 e. The molecule has 29 heavy (non-hydrogen) atoms. The summed E-state index contributed by atoms with van der Waals surface area (Å²) in [6.07, 6.45) is 6.77. The highest BCUT2D eigenvalue weighted by Gasteiger charge is 2.13. The second-order valence-electron chi connectivity index (χ2n) is 6.61. The summed E-state index contributed by atoms with van der Waals surface area (Å²) in [4.78, 5) is 20.1. The van der Waals surface area contributed by atoms with Crippen molar-refractivity contribution in [1.82, 2.24) is 29.5 Å².